The third kappa shape index (κ3) is 1.73. The molecule has 2 aliphatic rings. The Morgan fingerprint density at radius 1 is 1.35 bits per heavy atom. The van der Waals surface area contributed by atoms with E-state index < -0.39 is 0 Å². The molecule has 0 radical (unpaired) electrons. The minimum absolute atomic E-state index is 0.190. The number of anilines is 1. The van der Waals surface area contributed by atoms with E-state index in [4.69, 9.17) is 4.74 Å². The first-order valence-electron chi connectivity index (χ1n) is 5.65. The summed E-state index contributed by atoms with van der Waals surface area (Å²) in [5, 5.41) is 3.30. The second-order valence-corrected chi connectivity index (χ2v) is 5.43. The van der Waals surface area contributed by atoms with Crippen molar-refractivity contribution < 1.29 is 9.53 Å². The number of hydrogen-bond donors (Lipinski definition) is 1. The first-order valence-corrected chi connectivity index (χ1v) is 6.44. The molecule has 0 aromatic heterocycles. The predicted molar refractivity (Wildman–Crippen MR) is 68.2 cm³/mol. The molecule has 0 bridgehead atoms. The number of amides is 1. The molecule has 1 unspecified atom stereocenters. The van der Waals surface area contributed by atoms with Gasteiger partial charge in [0, 0.05) is 16.7 Å². The van der Waals surface area contributed by atoms with Crippen LogP contribution in [0.4, 0.5) is 10.5 Å². The lowest BCUT2D eigenvalue weighted by Gasteiger charge is -2.30. The molecule has 4 nitrogen and oxygen atoms in total. The summed E-state index contributed by atoms with van der Waals surface area (Å²) in [7, 11) is 0. The topological polar surface area (TPSA) is 41.6 Å². The molecule has 1 aromatic rings. The summed E-state index contributed by atoms with van der Waals surface area (Å²) in [5.41, 5.74) is 0.713. The SMILES string of the molecule is O=C1OCC2(CCNC2)N1c1ccc(Br)cc1. The number of carbonyl (C=O) groups is 1. The summed E-state index contributed by atoms with van der Waals surface area (Å²) in [4.78, 5) is 13.7. The van der Waals surface area contributed by atoms with Crippen LogP contribution in [0.1, 0.15) is 6.42 Å². The Labute approximate surface area is 108 Å². The van der Waals surface area contributed by atoms with Crippen LogP contribution in [0.2, 0.25) is 0 Å². The minimum atomic E-state index is -0.240. The molecule has 1 atom stereocenters. The summed E-state index contributed by atoms with van der Waals surface area (Å²) in [5.74, 6) is 0. The summed E-state index contributed by atoms with van der Waals surface area (Å²) >= 11 is 3.40. The Morgan fingerprint density at radius 2 is 2.12 bits per heavy atom. The zero-order chi connectivity index (χ0) is 11.9. The highest BCUT2D eigenvalue weighted by molar-refractivity contribution is 9.10. The van der Waals surface area contributed by atoms with Gasteiger partial charge in [-0.05, 0) is 37.2 Å². The average molecular weight is 297 g/mol. The van der Waals surface area contributed by atoms with Gasteiger partial charge in [0.05, 0.1) is 5.54 Å². The lowest BCUT2D eigenvalue weighted by atomic mass is 9.98. The molecule has 1 aromatic carbocycles. The fourth-order valence-electron chi connectivity index (χ4n) is 2.53. The summed E-state index contributed by atoms with van der Waals surface area (Å²) in [6.07, 6.45) is 0.699. The van der Waals surface area contributed by atoms with Gasteiger partial charge in [-0.25, -0.2) is 4.79 Å². The van der Waals surface area contributed by atoms with E-state index in [1.807, 2.05) is 24.3 Å². The fraction of sp³-hybridized carbons (Fsp3) is 0.417. The van der Waals surface area contributed by atoms with Crippen molar-refractivity contribution in [2.24, 2.45) is 0 Å². The maximum atomic E-state index is 11.9. The number of halogens is 1. The number of rotatable bonds is 1. The standard InChI is InChI=1S/C12H13BrN2O2/c13-9-1-3-10(4-2-9)15-11(16)17-8-12(15)5-6-14-7-12/h1-4,14H,5-8H2. The van der Waals surface area contributed by atoms with Crippen molar-refractivity contribution >= 4 is 27.7 Å². The van der Waals surface area contributed by atoms with Crippen LogP contribution in [0, 0.1) is 0 Å². The van der Waals surface area contributed by atoms with Crippen molar-refractivity contribution in [1.82, 2.24) is 5.32 Å². The molecule has 0 aliphatic carbocycles. The zero-order valence-corrected chi connectivity index (χ0v) is 10.9. The average Bonchev–Trinajstić information content (AvgIpc) is 2.91. The zero-order valence-electron chi connectivity index (χ0n) is 9.28. The molecule has 0 saturated carbocycles. The van der Waals surface area contributed by atoms with Crippen LogP contribution in [0.3, 0.4) is 0 Å². The van der Waals surface area contributed by atoms with Gasteiger partial charge in [-0.1, -0.05) is 15.9 Å². The molecule has 90 valence electrons. The molecule has 17 heavy (non-hydrogen) atoms. The lowest BCUT2D eigenvalue weighted by molar-refractivity contribution is 0.174. The van der Waals surface area contributed by atoms with Gasteiger partial charge < -0.3 is 10.1 Å². The molecule has 5 heteroatoms. The summed E-state index contributed by atoms with van der Waals surface area (Å²) in [6, 6.07) is 7.77. The first kappa shape index (κ1) is 11.0. The normalized spacial score (nSPS) is 27.8. The van der Waals surface area contributed by atoms with Crippen LogP contribution in [0.5, 0.6) is 0 Å². The van der Waals surface area contributed by atoms with Gasteiger partial charge in [0.2, 0.25) is 0 Å². The Morgan fingerprint density at radius 3 is 2.76 bits per heavy atom. The maximum Gasteiger partial charge on any atom is 0.415 e. The summed E-state index contributed by atoms with van der Waals surface area (Å²) in [6.45, 7) is 2.22. The van der Waals surface area contributed by atoms with E-state index in [1.54, 1.807) is 4.90 Å². The van der Waals surface area contributed by atoms with Gasteiger partial charge in [-0.15, -0.1) is 0 Å². The molecule has 2 saturated heterocycles. The van der Waals surface area contributed by atoms with Gasteiger partial charge in [0.15, 0.2) is 0 Å². The molecule has 3 rings (SSSR count). The molecule has 2 fully saturated rings. The monoisotopic (exact) mass is 296 g/mol. The third-order valence-electron chi connectivity index (χ3n) is 3.43. The van der Waals surface area contributed by atoms with E-state index in [2.05, 4.69) is 21.2 Å². The van der Waals surface area contributed by atoms with Gasteiger partial charge in [0.25, 0.3) is 0 Å². The molecule has 1 amide bonds. The second-order valence-electron chi connectivity index (χ2n) is 4.52. The largest absolute Gasteiger partial charge is 0.447 e. The van der Waals surface area contributed by atoms with E-state index in [-0.39, 0.29) is 11.6 Å². The van der Waals surface area contributed by atoms with E-state index in [0.717, 1.165) is 29.7 Å². The van der Waals surface area contributed by atoms with Crippen molar-refractivity contribution in [2.45, 2.75) is 12.0 Å². The van der Waals surface area contributed by atoms with E-state index in [0.29, 0.717) is 6.61 Å². The van der Waals surface area contributed by atoms with Crippen LogP contribution in [0.25, 0.3) is 0 Å². The lowest BCUT2D eigenvalue weighted by Crippen LogP contribution is -2.49. The Kier molecular flexibility index (Phi) is 2.60. The van der Waals surface area contributed by atoms with Crippen LogP contribution in [0.15, 0.2) is 28.7 Å². The number of ether oxygens (including phenoxy) is 1. The van der Waals surface area contributed by atoms with E-state index in [1.165, 1.54) is 0 Å². The highest BCUT2D eigenvalue weighted by Crippen LogP contribution is 2.35. The van der Waals surface area contributed by atoms with Crippen LogP contribution >= 0.6 is 15.9 Å². The van der Waals surface area contributed by atoms with Crippen molar-refractivity contribution in [2.75, 3.05) is 24.6 Å². The number of benzene rings is 1. The van der Waals surface area contributed by atoms with Crippen molar-refractivity contribution in [1.29, 1.82) is 0 Å². The van der Waals surface area contributed by atoms with Crippen LogP contribution in [-0.4, -0.2) is 31.3 Å². The number of nitrogens with zero attached hydrogens (tertiary/aromatic N) is 1. The van der Waals surface area contributed by atoms with Crippen LogP contribution in [-0.2, 0) is 4.74 Å². The Balaban J connectivity index is 1.98. The second kappa shape index (κ2) is 3.99. The minimum Gasteiger partial charge on any atom is -0.447 e. The molecule has 1 N–H and O–H groups in total. The highest BCUT2D eigenvalue weighted by atomic mass is 79.9. The van der Waals surface area contributed by atoms with Gasteiger partial charge in [0.1, 0.15) is 6.61 Å². The fourth-order valence-corrected chi connectivity index (χ4v) is 2.80. The molecular weight excluding hydrogens is 284 g/mol. The van der Waals surface area contributed by atoms with Crippen molar-refractivity contribution in [3.8, 4) is 0 Å². The number of hydrogen-bond acceptors (Lipinski definition) is 3. The van der Waals surface area contributed by atoms with Crippen molar-refractivity contribution in [3.05, 3.63) is 28.7 Å². The van der Waals surface area contributed by atoms with Crippen LogP contribution < -0.4 is 10.2 Å². The van der Waals surface area contributed by atoms with Gasteiger partial charge in [-0.2, -0.15) is 0 Å². The maximum absolute atomic E-state index is 11.9. The molecular formula is C12H13BrN2O2. The Bertz CT molecular complexity index is 440. The molecule has 2 aliphatic heterocycles. The number of carbonyl (C=O) groups excluding carboxylic acids is 1. The van der Waals surface area contributed by atoms with Crippen molar-refractivity contribution in [3.63, 3.8) is 0 Å². The third-order valence-corrected chi connectivity index (χ3v) is 3.96. The quantitative estimate of drug-likeness (QED) is 0.863. The van der Waals surface area contributed by atoms with E-state index in [9.17, 15) is 4.79 Å². The predicted octanol–water partition coefficient (Wildman–Crippen LogP) is 2.14. The first-order chi connectivity index (χ1) is 8.21. The highest BCUT2D eigenvalue weighted by Gasteiger charge is 2.49. The smallest absolute Gasteiger partial charge is 0.415 e. The number of nitrogens with one attached hydrogen (secondary N) is 1. The molecule has 2 heterocycles. The number of cyclic esters (lactones) is 1. The Hall–Kier alpha value is -1.07. The molecule has 1 spiro atoms. The van der Waals surface area contributed by atoms with Gasteiger partial charge in [-0.3, -0.25) is 4.90 Å². The van der Waals surface area contributed by atoms with E-state index >= 15 is 0 Å². The summed E-state index contributed by atoms with van der Waals surface area (Å²) < 4.78 is 6.23. The van der Waals surface area contributed by atoms with Gasteiger partial charge >= 0.3 is 6.09 Å².